The highest BCUT2D eigenvalue weighted by Crippen LogP contribution is 2.29. The molecule has 0 amide bonds. The van der Waals surface area contributed by atoms with Crippen LogP contribution in [-0.2, 0) is 6.61 Å². The first-order valence-electron chi connectivity index (χ1n) is 7.96. The van der Waals surface area contributed by atoms with E-state index in [4.69, 9.17) is 4.42 Å². The van der Waals surface area contributed by atoms with Gasteiger partial charge < -0.3 is 13.9 Å². The van der Waals surface area contributed by atoms with Gasteiger partial charge in [0.1, 0.15) is 16.9 Å². The summed E-state index contributed by atoms with van der Waals surface area (Å²) in [5.74, 6) is 0.768. The first-order valence-corrected chi connectivity index (χ1v) is 8.84. The molecule has 0 aliphatic rings. The number of benzene rings is 1. The van der Waals surface area contributed by atoms with Crippen molar-refractivity contribution in [3.05, 3.63) is 71.2 Å². The number of fused-ring (bicyclic) bond motifs is 2. The summed E-state index contributed by atoms with van der Waals surface area (Å²) < 4.78 is 7.92. The maximum Gasteiger partial charge on any atom is 0.155 e. The van der Waals surface area contributed by atoms with Gasteiger partial charge >= 0.3 is 0 Å². The molecule has 0 aliphatic heterocycles. The zero-order valence-electron chi connectivity index (χ0n) is 13.2. The number of para-hydroxylation sites is 1. The Kier molecular flexibility index (Phi) is 3.23. The monoisotopic (exact) mass is 346 g/mol. The molecule has 4 nitrogen and oxygen atoms in total. The fraction of sp³-hybridized carbons (Fsp3) is 0.0500. The SMILES string of the molecule is OCc1cc(-c2ccc3nc(-c4cc5ccccc5o4)cn3c2)cs1. The van der Waals surface area contributed by atoms with Crippen molar-refractivity contribution in [2.75, 3.05) is 0 Å². The predicted molar refractivity (Wildman–Crippen MR) is 99.6 cm³/mol. The number of aromatic nitrogens is 2. The second-order valence-electron chi connectivity index (χ2n) is 5.92. The van der Waals surface area contributed by atoms with E-state index in [1.165, 1.54) is 0 Å². The van der Waals surface area contributed by atoms with E-state index in [2.05, 4.69) is 16.6 Å². The molecule has 5 aromatic rings. The molecule has 25 heavy (non-hydrogen) atoms. The van der Waals surface area contributed by atoms with Crippen molar-refractivity contribution in [1.82, 2.24) is 9.38 Å². The van der Waals surface area contributed by atoms with Crippen LogP contribution in [0.2, 0.25) is 0 Å². The highest BCUT2D eigenvalue weighted by atomic mass is 32.1. The number of hydrogen-bond donors (Lipinski definition) is 1. The normalized spacial score (nSPS) is 11.6. The summed E-state index contributed by atoms with van der Waals surface area (Å²) in [5, 5.41) is 12.4. The van der Waals surface area contributed by atoms with Crippen LogP contribution in [0.4, 0.5) is 0 Å². The zero-order valence-corrected chi connectivity index (χ0v) is 14.0. The molecule has 122 valence electrons. The van der Waals surface area contributed by atoms with Crippen LogP contribution in [0.1, 0.15) is 4.88 Å². The fourth-order valence-electron chi connectivity index (χ4n) is 3.00. The molecule has 0 radical (unpaired) electrons. The molecule has 1 N–H and O–H groups in total. The molecular weight excluding hydrogens is 332 g/mol. The molecule has 4 aromatic heterocycles. The lowest BCUT2D eigenvalue weighted by molar-refractivity contribution is 0.285. The van der Waals surface area contributed by atoms with Gasteiger partial charge in [-0.15, -0.1) is 11.3 Å². The standard InChI is InChI=1S/C20H14N2O2S/c23-11-16-7-15(12-25-16)14-5-6-20-21-17(10-22(20)9-14)19-8-13-3-1-2-4-18(13)24-19/h1-10,12,23H,11H2. The number of furan rings is 1. The first-order chi connectivity index (χ1) is 12.3. The Labute approximate surface area is 147 Å². The summed E-state index contributed by atoms with van der Waals surface area (Å²) in [4.78, 5) is 5.63. The third-order valence-corrected chi connectivity index (χ3v) is 5.19. The van der Waals surface area contributed by atoms with Crippen molar-refractivity contribution in [2.45, 2.75) is 6.61 Å². The molecule has 5 rings (SSSR count). The van der Waals surface area contributed by atoms with Crippen LogP contribution < -0.4 is 0 Å². The van der Waals surface area contributed by atoms with Crippen LogP contribution in [0.5, 0.6) is 0 Å². The minimum Gasteiger partial charge on any atom is -0.454 e. The number of thiophene rings is 1. The van der Waals surface area contributed by atoms with Gasteiger partial charge in [-0.2, -0.15) is 0 Å². The van der Waals surface area contributed by atoms with Gasteiger partial charge in [0.25, 0.3) is 0 Å². The first kappa shape index (κ1) is 14.5. The molecule has 0 spiro atoms. The lowest BCUT2D eigenvalue weighted by Crippen LogP contribution is -1.84. The van der Waals surface area contributed by atoms with Crippen molar-refractivity contribution in [3.8, 4) is 22.6 Å². The predicted octanol–water partition coefficient (Wildman–Crippen LogP) is 4.97. The van der Waals surface area contributed by atoms with Gasteiger partial charge in [-0.25, -0.2) is 4.98 Å². The number of nitrogens with zero attached hydrogens (tertiary/aromatic N) is 2. The number of imidazole rings is 1. The van der Waals surface area contributed by atoms with Crippen LogP contribution in [0.15, 0.2) is 70.7 Å². The van der Waals surface area contributed by atoms with E-state index >= 15 is 0 Å². The Balaban J connectivity index is 1.59. The maximum absolute atomic E-state index is 9.24. The van der Waals surface area contributed by atoms with E-state index in [1.54, 1.807) is 11.3 Å². The van der Waals surface area contributed by atoms with Crippen LogP contribution in [0, 0.1) is 0 Å². The summed E-state index contributed by atoms with van der Waals surface area (Å²) >= 11 is 1.56. The van der Waals surface area contributed by atoms with Gasteiger partial charge in [-0.1, -0.05) is 18.2 Å². The Hall–Kier alpha value is -2.89. The Morgan fingerprint density at radius 1 is 1.04 bits per heavy atom. The second-order valence-corrected chi connectivity index (χ2v) is 6.91. The van der Waals surface area contributed by atoms with Gasteiger partial charge in [0, 0.05) is 22.7 Å². The largest absolute Gasteiger partial charge is 0.454 e. The lowest BCUT2D eigenvalue weighted by atomic mass is 10.1. The van der Waals surface area contributed by atoms with Gasteiger partial charge in [-0.3, -0.25) is 0 Å². The molecule has 0 bridgehead atoms. The van der Waals surface area contributed by atoms with Crippen LogP contribution in [0.25, 0.3) is 39.2 Å². The number of aliphatic hydroxyl groups is 1. The minimum atomic E-state index is 0.0776. The number of rotatable bonds is 3. The quantitative estimate of drug-likeness (QED) is 0.502. The molecule has 0 saturated heterocycles. The van der Waals surface area contributed by atoms with E-state index in [0.29, 0.717) is 0 Å². The van der Waals surface area contributed by atoms with Crippen molar-refractivity contribution in [1.29, 1.82) is 0 Å². The maximum atomic E-state index is 9.24. The molecule has 1 aromatic carbocycles. The third kappa shape index (κ3) is 2.45. The van der Waals surface area contributed by atoms with Gasteiger partial charge in [-0.05, 0) is 46.8 Å². The summed E-state index contributed by atoms with van der Waals surface area (Å²) in [6, 6.07) is 16.0. The lowest BCUT2D eigenvalue weighted by Gasteiger charge is -1.99. The van der Waals surface area contributed by atoms with Crippen LogP contribution >= 0.6 is 11.3 Å². The van der Waals surface area contributed by atoms with Crippen molar-refractivity contribution >= 4 is 28.0 Å². The topological polar surface area (TPSA) is 50.7 Å². The summed E-state index contributed by atoms with van der Waals surface area (Å²) in [7, 11) is 0. The van der Waals surface area contributed by atoms with E-state index in [1.807, 2.05) is 59.1 Å². The van der Waals surface area contributed by atoms with Crippen molar-refractivity contribution in [2.24, 2.45) is 0 Å². The highest BCUT2D eigenvalue weighted by Gasteiger charge is 2.11. The second kappa shape index (κ2) is 5.58. The molecule has 5 heteroatoms. The van der Waals surface area contributed by atoms with Gasteiger partial charge in [0.05, 0.1) is 6.61 Å². The number of pyridine rings is 1. The fourth-order valence-corrected chi connectivity index (χ4v) is 3.76. The van der Waals surface area contributed by atoms with Crippen molar-refractivity contribution < 1.29 is 9.52 Å². The zero-order chi connectivity index (χ0) is 16.8. The number of aliphatic hydroxyl groups excluding tert-OH is 1. The Morgan fingerprint density at radius 3 is 2.80 bits per heavy atom. The molecule has 0 fully saturated rings. The van der Waals surface area contributed by atoms with Crippen LogP contribution in [0.3, 0.4) is 0 Å². The summed E-state index contributed by atoms with van der Waals surface area (Å²) in [6.07, 6.45) is 4.04. The van der Waals surface area contributed by atoms with Crippen LogP contribution in [-0.4, -0.2) is 14.5 Å². The average molecular weight is 346 g/mol. The summed E-state index contributed by atoms with van der Waals surface area (Å²) in [6.45, 7) is 0.0776. The van der Waals surface area contributed by atoms with Gasteiger partial charge in [0.2, 0.25) is 0 Å². The molecule has 0 unspecified atom stereocenters. The highest BCUT2D eigenvalue weighted by molar-refractivity contribution is 7.10. The Morgan fingerprint density at radius 2 is 1.96 bits per heavy atom. The smallest absolute Gasteiger partial charge is 0.155 e. The molecular formula is C20H14N2O2S. The van der Waals surface area contributed by atoms with E-state index in [-0.39, 0.29) is 6.61 Å². The molecule has 4 heterocycles. The average Bonchev–Trinajstić information content (AvgIpc) is 3.36. The van der Waals surface area contributed by atoms with E-state index in [9.17, 15) is 5.11 Å². The van der Waals surface area contributed by atoms with E-state index in [0.717, 1.165) is 44.1 Å². The number of hydrogen-bond acceptors (Lipinski definition) is 4. The third-order valence-electron chi connectivity index (χ3n) is 4.27. The molecule has 0 saturated carbocycles. The minimum absolute atomic E-state index is 0.0776. The summed E-state index contributed by atoms with van der Waals surface area (Å²) in [5.41, 5.74) is 4.75. The van der Waals surface area contributed by atoms with Gasteiger partial charge in [0.15, 0.2) is 5.76 Å². The Bertz CT molecular complexity index is 1170. The molecule has 0 aliphatic carbocycles. The van der Waals surface area contributed by atoms with Crippen molar-refractivity contribution in [3.63, 3.8) is 0 Å². The van der Waals surface area contributed by atoms with E-state index < -0.39 is 0 Å². The molecule has 0 atom stereocenters.